The minimum Gasteiger partial charge on any atom is -0.508 e. The van der Waals surface area contributed by atoms with Crippen molar-refractivity contribution in [2.24, 2.45) is 0 Å². The molecule has 1 fully saturated rings. The topological polar surface area (TPSA) is 38.7 Å². The summed E-state index contributed by atoms with van der Waals surface area (Å²) in [7, 11) is 2.16. The minimum absolute atomic E-state index is 0.0292. The molecule has 0 aliphatic carbocycles. The van der Waals surface area contributed by atoms with Gasteiger partial charge in [0.1, 0.15) is 11.6 Å². The third-order valence-corrected chi connectivity index (χ3v) is 4.15. The molecule has 0 aromatic heterocycles. The highest BCUT2D eigenvalue weighted by atomic mass is 19.1. The Morgan fingerprint density at radius 3 is 2.67 bits per heavy atom. The second-order valence-corrected chi connectivity index (χ2v) is 5.88. The van der Waals surface area contributed by atoms with Crippen LogP contribution in [0.3, 0.4) is 0 Å². The molecule has 1 aromatic carbocycles. The lowest BCUT2D eigenvalue weighted by molar-refractivity contribution is 0.152. The number of hydrogen-bond acceptors (Lipinski definition) is 4. The van der Waals surface area contributed by atoms with E-state index in [2.05, 4.69) is 22.2 Å². The van der Waals surface area contributed by atoms with Gasteiger partial charge in [0.25, 0.3) is 0 Å². The number of aromatic hydroxyl groups is 1. The fraction of sp³-hybridized carbons (Fsp3) is 0.625. The maximum atomic E-state index is 13.7. The molecule has 1 aromatic rings. The normalized spacial score (nSPS) is 18.8. The molecular weight excluding hydrogens is 269 g/mol. The molecule has 2 N–H and O–H groups in total. The van der Waals surface area contributed by atoms with Gasteiger partial charge in [-0.15, -0.1) is 0 Å². The number of phenols is 1. The SMILES string of the molecule is CC(NCCCN1CCN(C)CC1)c1ccc(O)cc1F. The van der Waals surface area contributed by atoms with E-state index in [1.807, 2.05) is 6.92 Å². The van der Waals surface area contributed by atoms with E-state index in [1.54, 1.807) is 6.07 Å². The zero-order chi connectivity index (χ0) is 15.2. The summed E-state index contributed by atoms with van der Waals surface area (Å²) < 4.78 is 13.7. The molecule has 1 heterocycles. The maximum absolute atomic E-state index is 13.7. The maximum Gasteiger partial charge on any atom is 0.131 e. The lowest BCUT2D eigenvalue weighted by Crippen LogP contribution is -2.45. The Bertz CT molecular complexity index is 447. The van der Waals surface area contributed by atoms with Crippen LogP contribution in [0, 0.1) is 5.82 Å². The van der Waals surface area contributed by atoms with Crippen molar-refractivity contribution >= 4 is 0 Å². The van der Waals surface area contributed by atoms with Crippen molar-refractivity contribution in [3.8, 4) is 5.75 Å². The third-order valence-electron chi connectivity index (χ3n) is 4.15. The highest BCUT2D eigenvalue weighted by Gasteiger charge is 2.14. The van der Waals surface area contributed by atoms with Crippen LogP contribution in [0.5, 0.6) is 5.75 Å². The molecule has 5 heteroatoms. The second kappa shape index (κ2) is 7.73. The highest BCUT2D eigenvalue weighted by Crippen LogP contribution is 2.20. The van der Waals surface area contributed by atoms with Crippen molar-refractivity contribution < 1.29 is 9.50 Å². The zero-order valence-electron chi connectivity index (χ0n) is 13.0. The van der Waals surface area contributed by atoms with Crippen molar-refractivity contribution in [2.75, 3.05) is 46.3 Å². The molecule has 0 bridgehead atoms. The second-order valence-electron chi connectivity index (χ2n) is 5.88. The quantitative estimate of drug-likeness (QED) is 0.785. The van der Waals surface area contributed by atoms with E-state index < -0.39 is 0 Å². The van der Waals surface area contributed by atoms with Crippen LogP contribution >= 0.6 is 0 Å². The fourth-order valence-electron chi connectivity index (χ4n) is 2.67. The average molecular weight is 295 g/mol. The smallest absolute Gasteiger partial charge is 0.131 e. The summed E-state index contributed by atoms with van der Waals surface area (Å²) in [5.41, 5.74) is 0.604. The Labute approximate surface area is 126 Å². The van der Waals surface area contributed by atoms with E-state index in [1.165, 1.54) is 6.07 Å². The summed E-state index contributed by atoms with van der Waals surface area (Å²) in [6.07, 6.45) is 1.06. The summed E-state index contributed by atoms with van der Waals surface area (Å²) in [6, 6.07) is 4.29. The van der Waals surface area contributed by atoms with E-state index >= 15 is 0 Å². The van der Waals surface area contributed by atoms with Gasteiger partial charge in [-0.05, 0) is 39.5 Å². The molecule has 2 rings (SSSR count). The van der Waals surface area contributed by atoms with Crippen LogP contribution < -0.4 is 5.32 Å². The van der Waals surface area contributed by atoms with Crippen LogP contribution in [0.4, 0.5) is 4.39 Å². The fourth-order valence-corrected chi connectivity index (χ4v) is 2.67. The number of halogens is 1. The number of rotatable bonds is 6. The standard InChI is InChI=1S/C16H26FN3O/c1-13(15-5-4-14(21)12-16(15)17)18-6-3-7-20-10-8-19(2)9-11-20/h4-5,12-13,18,21H,3,6-11H2,1-2H3. The molecule has 0 amide bonds. The number of benzene rings is 1. The van der Waals surface area contributed by atoms with E-state index in [4.69, 9.17) is 0 Å². The number of hydrogen-bond donors (Lipinski definition) is 2. The summed E-state index contributed by atoms with van der Waals surface area (Å²) in [4.78, 5) is 4.83. The summed E-state index contributed by atoms with van der Waals surface area (Å²) in [5, 5.41) is 12.6. The zero-order valence-corrected chi connectivity index (χ0v) is 13.0. The van der Waals surface area contributed by atoms with Gasteiger partial charge in [-0.25, -0.2) is 4.39 Å². The van der Waals surface area contributed by atoms with Crippen molar-refractivity contribution in [3.05, 3.63) is 29.6 Å². The Morgan fingerprint density at radius 2 is 2.00 bits per heavy atom. The Hall–Kier alpha value is -1.17. The van der Waals surface area contributed by atoms with Crippen LogP contribution in [0.1, 0.15) is 24.9 Å². The molecule has 1 saturated heterocycles. The van der Waals surface area contributed by atoms with Gasteiger partial charge in [0.2, 0.25) is 0 Å². The molecule has 21 heavy (non-hydrogen) atoms. The van der Waals surface area contributed by atoms with E-state index in [0.717, 1.165) is 51.8 Å². The number of nitrogens with one attached hydrogen (secondary N) is 1. The van der Waals surface area contributed by atoms with Crippen LogP contribution in [-0.2, 0) is 0 Å². The predicted molar refractivity (Wildman–Crippen MR) is 83.0 cm³/mol. The Morgan fingerprint density at radius 1 is 1.29 bits per heavy atom. The molecule has 118 valence electrons. The van der Waals surface area contributed by atoms with Gasteiger partial charge < -0.3 is 20.2 Å². The summed E-state index contributed by atoms with van der Waals surface area (Å²) >= 11 is 0. The van der Waals surface area contributed by atoms with Gasteiger partial charge in [0.05, 0.1) is 0 Å². The number of piperazine rings is 1. The predicted octanol–water partition coefficient (Wildman–Crippen LogP) is 1.82. The molecule has 1 aliphatic heterocycles. The largest absolute Gasteiger partial charge is 0.508 e. The lowest BCUT2D eigenvalue weighted by atomic mass is 10.1. The van der Waals surface area contributed by atoms with Crippen LogP contribution in [-0.4, -0.2) is 61.2 Å². The Kier molecular flexibility index (Phi) is 5.96. The van der Waals surface area contributed by atoms with Crippen LogP contribution in [0.2, 0.25) is 0 Å². The van der Waals surface area contributed by atoms with Crippen molar-refractivity contribution in [2.45, 2.75) is 19.4 Å². The highest BCUT2D eigenvalue weighted by molar-refractivity contribution is 5.29. The molecule has 4 nitrogen and oxygen atoms in total. The summed E-state index contributed by atoms with van der Waals surface area (Å²) in [5.74, 6) is -0.382. The van der Waals surface area contributed by atoms with Crippen LogP contribution in [0.25, 0.3) is 0 Å². The van der Waals surface area contributed by atoms with Gasteiger partial charge in [0, 0.05) is 43.9 Å². The summed E-state index contributed by atoms with van der Waals surface area (Å²) in [6.45, 7) is 8.47. The van der Waals surface area contributed by atoms with Crippen molar-refractivity contribution in [1.82, 2.24) is 15.1 Å². The molecule has 0 radical (unpaired) electrons. The number of nitrogens with zero attached hydrogens (tertiary/aromatic N) is 2. The van der Waals surface area contributed by atoms with E-state index in [9.17, 15) is 9.50 Å². The van der Waals surface area contributed by atoms with Gasteiger partial charge >= 0.3 is 0 Å². The molecule has 0 spiro atoms. The molecule has 1 atom stereocenters. The molecule has 1 aliphatic rings. The monoisotopic (exact) mass is 295 g/mol. The molecule has 0 saturated carbocycles. The number of phenolic OH excluding ortho intramolecular Hbond substituents is 1. The first-order valence-corrected chi connectivity index (χ1v) is 7.69. The van der Waals surface area contributed by atoms with Crippen molar-refractivity contribution in [1.29, 1.82) is 0 Å². The molecular formula is C16H26FN3O. The van der Waals surface area contributed by atoms with Gasteiger partial charge in [-0.1, -0.05) is 6.07 Å². The minimum atomic E-state index is -0.353. The Balaban J connectivity index is 1.68. The average Bonchev–Trinajstić information content (AvgIpc) is 2.45. The first kappa shape index (κ1) is 16.2. The first-order valence-electron chi connectivity index (χ1n) is 7.69. The van der Waals surface area contributed by atoms with Gasteiger partial charge in [0.15, 0.2) is 0 Å². The van der Waals surface area contributed by atoms with Gasteiger partial charge in [-0.3, -0.25) is 0 Å². The van der Waals surface area contributed by atoms with Gasteiger partial charge in [-0.2, -0.15) is 0 Å². The third kappa shape index (κ3) is 4.95. The van der Waals surface area contributed by atoms with Crippen molar-refractivity contribution in [3.63, 3.8) is 0 Å². The van der Waals surface area contributed by atoms with E-state index in [-0.39, 0.29) is 17.6 Å². The molecule has 1 unspecified atom stereocenters. The first-order chi connectivity index (χ1) is 10.1. The number of likely N-dealkylation sites (N-methyl/N-ethyl adjacent to an activating group) is 1. The lowest BCUT2D eigenvalue weighted by Gasteiger charge is -2.32. The van der Waals surface area contributed by atoms with Crippen LogP contribution in [0.15, 0.2) is 18.2 Å². The van der Waals surface area contributed by atoms with E-state index in [0.29, 0.717) is 5.56 Å².